The van der Waals surface area contributed by atoms with Crippen molar-refractivity contribution in [2.75, 3.05) is 30.6 Å². The van der Waals surface area contributed by atoms with E-state index in [9.17, 15) is 13.7 Å². The average molecular weight is 487 g/mol. The van der Waals surface area contributed by atoms with Crippen molar-refractivity contribution in [2.45, 2.75) is 24.7 Å². The first-order valence-electron chi connectivity index (χ1n) is 9.88. The van der Waals surface area contributed by atoms with Crippen molar-refractivity contribution in [3.63, 3.8) is 0 Å². The quantitative estimate of drug-likeness (QED) is 0.375. The van der Waals surface area contributed by atoms with Crippen LogP contribution in [0.15, 0.2) is 47.8 Å². The normalized spacial score (nSPS) is 12.0. The minimum Gasteiger partial charge on any atom is -0.497 e. The van der Waals surface area contributed by atoms with E-state index in [1.54, 1.807) is 31.3 Å². The highest BCUT2D eigenvalue weighted by atomic mass is 35.5. The Labute approximate surface area is 198 Å². The Morgan fingerprint density at radius 1 is 1.24 bits per heavy atom. The van der Waals surface area contributed by atoms with E-state index in [1.165, 1.54) is 0 Å². The smallest absolute Gasteiger partial charge is 0.250 e. The maximum Gasteiger partial charge on any atom is 0.250 e. The number of methoxy groups -OCH3 is 1. The van der Waals surface area contributed by atoms with Crippen molar-refractivity contribution in [3.05, 3.63) is 64.4 Å². The van der Waals surface area contributed by atoms with Crippen LogP contribution in [0.3, 0.4) is 0 Å². The molecule has 9 nitrogen and oxygen atoms in total. The highest BCUT2D eigenvalue weighted by Crippen LogP contribution is 2.32. The molecule has 0 radical (unpaired) electrons. The number of halogens is 1. The second-order valence-electron chi connectivity index (χ2n) is 7.31. The van der Waals surface area contributed by atoms with Gasteiger partial charge in [0.25, 0.3) is 0 Å². The van der Waals surface area contributed by atoms with Crippen molar-refractivity contribution in [1.82, 2.24) is 15.0 Å². The summed E-state index contributed by atoms with van der Waals surface area (Å²) in [6.07, 6.45) is 2.66. The summed E-state index contributed by atoms with van der Waals surface area (Å²) >= 11 is 6.11. The van der Waals surface area contributed by atoms with Gasteiger partial charge >= 0.3 is 0 Å². The third-order valence-electron chi connectivity index (χ3n) is 5.09. The Morgan fingerprint density at radius 3 is 2.55 bits per heavy atom. The van der Waals surface area contributed by atoms with Gasteiger partial charge in [0.05, 0.1) is 13.2 Å². The molecule has 0 saturated carbocycles. The van der Waals surface area contributed by atoms with Crippen molar-refractivity contribution < 1.29 is 13.2 Å². The summed E-state index contributed by atoms with van der Waals surface area (Å²) in [6, 6.07) is 13.0. The molecule has 0 saturated heterocycles. The molecule has 3 rings (SSSR count). The minimum absolute atomic E-state index is 0.00458. The van der Waals surface area contributed by atoms with Gasteiger partial charge in [0, 0.05) is 31.6 Å². The van der Waals surface area contributed by atoms with E-state index < -0.39 is 15.0 Å². The highest BCUT2D eigenvalue weighted by molar-refractivity contribution is 7.90. The maximum absolute atomic E-state index is 12.0. The van der Waals surface area contributed by atoms with Gasteiger partial charge in [-0.1, -0.05) is 29.8 Å². The summed E-state index contributed by atoms with van der Waals surface area (Å²) in [4.78, 5) is 14.0. The summed E-state index contributed by atoms with van der Waals surface area (Å²) in [5.74, 6) is 1.54. The molecule has 2 aromatic heterocycles. The number of ether oxygens (including phenoxy) is 1. The van der Waals surface area contributed by atoms with Crippen molar-refractivity contribution in [3.8, 4) is 11.8 Å². The first-order valence-corrected chi connectivity index (χ1v) is 12.1. The summed E-state index contributed by atoms with van der Waals surface area (Å²) in [5, 5.41) is 12.2. The van der Waals surface area contributed by atoms with E-state index in [0.717, 1.165) is 23.1 Å². The molecular formula is C22H23ClN6O3S. The van der Waals surface area contributed by atoms with Crippen LogP contribution in [0.4, 0.5) is 11.6 Å². The van der Waals surface area contributed by atoms with Gasteiger partial charge in [-0.2, -0.15) is 10.2 Å². The largest absolute Gasteiger partial charge is 0.497 e. The van der Waals surface area contributed by atoms with E-state index in [4.69, 9.17) is 16.3 Å². The first kappa shape index (κ1) is 24.2. The van der Waals surface area contributed by atoms with Gasteiger partial charge in [-0.3, -0.25) is 0 Å². The Morgan fingerprint density at radius 2 is 1.94 bits per heavy atom. The van der Waals surface area contributed by atoms with Gasteiger partial charge in [0.15, 0.2) is 11.0 Å². The summed E-state index contributed by atoms with van der Waals surface area (Å²) < 4.78 is 29.2. The highest BCUT2D eigenvalue weighted by Gasteiger charge is 2.25. The van der Waals surface area contributed by atoms with Gasteiger partial charge in [-0.25, -0.2) is 18.4 Å². The molecule has 0 spiro atoms. The number of nitrogens with one attached hydrogen (secondary N) is 1. The predicted octanol–water partition coefficient (Wildman–Crippen LogP) is 3.62. The van der Waals surface area contributed by atoms with Crippen LogP contribution < -0.4 is 15.0 Å². The van der Waals surface area contributed by atoms with Crippen LogP contribution in [0, 0.1) is 11.3 Å². The van der Waals surface area contributed by atoms with Crippen LogP contribution in [0.1, 0.15) is 29.7 Å². The number of hydrogen-bond donors (Lipinski definition) is 1. The molecule has 11 heteroatoms. The zero-order chi connectivity index (χ0) is 24.2. The van der Waals surface area contributed by atoms with E-state index in [-0.39, 0.29) is 22.6 Å². The molecule has 0 aliphatic carbocycles. The molecule has 0 fully saturated rings. The molecule has 1 aromatic carbocycles. The molecule has 0 bridgehead atoms. The van der Waals surface area contributed by atoms with Gasteiger partial charge in [-0.15, -0.1) is 0 Å². The Balaban J connectivity index is 1.92. The van der Waals surface area contributed by atoms with Crippen LogP contribution in [0.25, 0.3) is 0 Å². The van der Waals surface area contributed by atoms with Crippen LogP contribution >= 0.6 is 11.6 Å². The minimum atomic E-state index is -3.73. The van der Waals surface area contributed by atoms with Crippen molar-refractivity contribution in [2.24, 2.45) is 0 Å². The summed E-state index contributed by atoms with van der Waals surface area (Å²) in [7, 11) is -0.403. The topological polar surface area (TPSA) is 121 Å². The molecule has 0 aliphatic rings. The third kappa shape index (κ3) is 5.50. The molecule has 1 atom stereocenters. The molecular weight excluding hydrogens is 464 g/mol. The number of nitriles is 1. The summed E-state index contributed by atoms with van der Waals surface area (Å²) in [6.45, 7) is 2.43. The molecule has 0 amide bonds. The van der Waals surface area contributed by atoms with Gasteiger partial charge < -0.3 is 15.0 Å². The maximum atomic E-state index is 12.0. The monoisotopic (exact) mass is 486 g/mol. The lowest BCUT2D eigenvalue weighted by atomic mass is 10.1. The Bertz CT molecular complexity index is 1290. The second kappa shape index (κ2) is 10.0. The SMILES string of the molecule is COc1ccc(CNc2ncccc2[C@@H](C)N(C)c2nc(S(C)(=O)=O)nc(Cl)c2C#N)cc1. The molecule has 1 N–H and O–H groups in total. The van der Waals surface area contributed by atoms with Crippen molar-refractivity contribution in [1.29, 1.82) is 5.26 Å². The van der Waals surface area contributed by atoms with E-state index >= 15 is 0 Å². The fourth-order valence-corrected chi connectivity index (χ4v) is 3.91. The van der Waals surface area contributed by atoms with Crippen LogP contribution in [-0.4, -0.2) is 43.8 Å². The average Bonchev–Trinajstić information content (AvgIpc) is 2.81. The molecule has 3 aromatic rings. The lowest BCUT2D eigenvalue weighted by molar-refractivity contribution is 0.414. The molecule has 0 unspecified atom stereocenters. The fraction of sp³-hybridized carbons (Fsp3) is 0.273. The van der Waals surface area contributed by atoms with Crippen LogP contribution in [-0.2, 0) is 16.4 Å². The zero-order valence-corrected chi connectivity index (χ0v) is 20.1. The third-order valence-corrected chi connectivity index (χ3v) is 6.21. The molecule has 33 heavy (non-hydrogen) atoms. The van der Waals surface area contributed by atoms with Gasteiger partial charge in [0.2, 0.25) is 15.0 Å². The predicted molar refractivity (Wildman–Crippen MR) is 126 cm³/mol. The lowest BCUT2D eigenvalue weighted by Gasteiger charge is -2.28. The molecule has 172 valence electrons. The van der Waals surface area contributed by atoms with Crippen molar-refractivity contribution >= 4 is 33.1 Å². The number of rotatable bonds is 8. The molecule has 2 heterocycles. The van der Waals surface area contributed by atoms with E-state index in [0.29, 0.717) is 12.4 Å². The first-order chi connectivity index (χ1) is 15.7. The standard InChI is InChI=1S/C22H23ClN6O3S/c1-14(29(2)21-18(12-24)19(23)27-22(28-21)33(4,30)31)17-6-5-11-25-20(17)26-13-15-7-9-16(32-3)10-8-15/h5-11,14H,13H2,1-4H3,(H,25,26)/t14-/m1/s1. The molecule has 0 aliphatic heterocycles. The number of aromatic nitrogens is 3. The number of nitrogens with zero attached hydrogens (tertiary/aromatic N) is 5. The number of hydrogen-bond acceptors (Lipinski definition) is 9. The van der Waals surface area contributed by atoms with Crippen LogP contribution in [0.2, 0.25) is 5.15 Å². The van der Waals surface area contributed by atoms with E-state index in [1.807, 2.05) is 43.3 Å². The van der Waals surface area contributed by atoms with Gasteiger partial charge in [-0.05, 0) is 30.7 Å². The Kier molecular flexibility index (Phi) is 7.36. The van der Waals surface area contributed by atoms with Crippen LogP contribution in [0.5, 0.6) is 5.75 Å². The fourth-order valence-electron chi connectivity index (χ4n) is 3.14. The van der Waals surface area contributed by atoms with E-state index in [2.05, 4.69) is 20.3 Å². The summed E-state index contributed by atoms with van der Waals surface area (Å²) in [5.41, 5.74) is 1.86. The van der Waals surface area contributed by atoms with Gasteiger partial charge in [0.1, 0.15) is 23.2 Å². The number of sulfone groups is 1. The number of pyridine rings is 1. The Hall–Kier alpha value is -3.42. The lowest BCUT2D eigenvalue weighted by Crippen LogP contribution is -2.26. The second-order valence-corrected chi connectivity index (χ2v) is 9.58. The zero-order valence-electron chi connectivity index (χ0n) is 18.6. The number of anilines is 2. The number of benzene rings is 1.